The quantitative estimate of drug-likeness (QED) is 0.590. The van der Waals surface area contributed by atoms with E-state index in [1.54, 1.807) is 22.8 Å². The van der Waals surface area contributed by atoms with E-state index in [1.165, 1.54) is 4.68 Å². The number of hydrogen-bond donors (Lipinski definition) is 1. The van der Waals surface area contributed by atoms with Gasteiger partial charge in [0.25, 0.3) is 5.56 Å². The van der Waals surface area contributed by atoms with Crippen LogP contribution >= 0.6 is 0 Å². The van der Waals surface area contributed by atoms with Gasteiger partial charge in [0, 0.05) is 18.6 Å². The standard InChI is InChI=1S/C20H20N4O3/c1-3-18-22-23(12-19(25)21-13(2)14-7-5-4-6-8-14)20(26)16-11-17-15(24(16)18)9-10-27-17/h4-11,13H,3,12H2,1-2H3,(H,21,25)/t13-/m1/s1. The fourth-order valence-corrected chi connectivity index (χ4v) is 3.31. The second-order valence-corrected chi connectivity index (χ2v) is 6.47. The molecule has 0 bridgehead atoms. The van der Waals surface area contributed by atoms with Crippen molar-refractivity contribution < 1.29 is 9.21 Å². The number of rotatable bonds is 5. The highest BCUT2D eigenvalue weighted by molar-refractivity contribution is 5.82. The summed E-state index contributed by atoms with van der Waals surface area (Å²) in [5.74, 6) is 0.438. The number of nitrogens with one attached hydrogen (secondary N) is 1. The van der Waals surface area contributed by atoms with Gasteiger partial charge in [0.1, 0.15) is 17.9 Å². The van der Waals surface area contributed by atoms with Crippen molar-refractivity contribution in [1.82, 2.24) is 19.5 Å². The molecule has 138 valence electrons. The molecule has 1 N–H and O–H groups in total. The fraction of sp³-hybridized carbons (Fsp3) is 0.250. The van der Waals surface area contributed by atoms with Gasteiger partial charge in [-0.25, -0.2) is 4.68 Å². The summed E-state index contributed by atoms with van der Waals surface area (Å²) in [6, 6.07) is 13.0. The molecule has 0 spiro atoms. The van der Waals surface area contributed by atoms with E-state index < -0.39 is 0 Å². The van der Waals surface area contributed by atoms with Gasteiger partial charge >= 0.3 is 0 Å². The van der Waals surface area contributed by atoms with Gasteiger partial charge in [-0.1, -0.05) is 37.3 Å². The maximum absolute atomic E-state index is 12.8. The summed E-state index contributed by atoms with van der Waals surface area (Å²) in [5.41, 5.74) is 2.58. The highest BCUT2D eigenvalue weighted by Gasteiger charge is 2.17. The number of amides is 1. The van der Waals surface area contributed by atoms with Crippen molar-refractivity contribution in [1.29, 1.82) is 0 Å². The van der Waals surface area contributed by atoms with E-state index >= 15 is 0 Å². The Morgan fingerprint density at radius 1 is 1.22 bits per heavy atom. The second-order valence-electron chi connectivity index (χ2n) is 6.47. The van der Waals surface area contributed by atoms with Crippen LogP contribution in [0.3, 0.4) is 0 Å². The summed E-state index contributed by atoms with van der Waals surface area (Å²) in [7, 11) is 0. The van der Waals surface area contributed by atoms with E-state index in [2.05, 4.69) is 10.4 Å². The molecule has 0 unspecified atom stereocenters. The van der Waals surface area contributed by atoms with Crippen LogP contribution in [-0.2, 0) is 17.8 Å². The van der Waals surface area contributed by atoms with Crippen molar-refractivity contribution in [2.24, 2.45) is 0 Å². The van der Waals surface area contributed by atoms with Crippen LogP contribution in [0.5, 0.6) is 0 Å². The third-order valence-corrected chi connectivity index (χ3v) is 4.66. The first-order valence-electron chi connectivity index (χ1n) is 8.91. The smallest absolute Gasteiger partial charge is 0.291 e. The van der Waals surface area contributed by atoms with Crippen molar-refractivity contribution in [3.8, 4) is 0 Å². The summed E-state index contributed by atoms with van der Waals surface area (Å²) in [6.07, 6.45) is 2.20. The molecule has 7 heteroatoms. The Morgan fingerprint density at radius 3 is 2.74 bits per heavy atom. The number of furan rings is 1. The highest BCUT2D eigenvalue weighted by atomic mass is 16.3. The van der Waals surface area contributed by atoms with E-state index in [4.69, 9.17) is 4.42 Å². The third-order valence-electron chi connectivity index (χ3n) is 4.66. The van der Waals surface area contributed by atoms with Gasteiger partial charge in [-0.3, -0.25) is 14.0 Å². The third kappa shape index (κ3) is 3.01. The van der Waals surface area contributed by atoms with Gasteiger partial charge in [0.15, 0.2) is 5.58 Å². The maximum Gasteiger partial charge on any atom is 0.291 e. The first-order chi connectivity index (χ1) is 13.1. The van der Waals surface area contributed by atoms with Crippen LogP contribution in [0, 0.1) is 0 Å². The van der Waals surface area contributed by atoms with Crippen LogP contribution in [0.25, 0.3) is 16.6 Å². The molecule has 1 amide bonds. The zero-order chi connectivity index (χ0) is 19.0. The SMILES string of the molecule is CCc1nn(CC(=O)N[C@H](C)c2ccccc2)c(=O)c2cc3occc3n12. The highest BCUT2D eigenvalue weighted by Crippen LogP contribution is 2.20. The van der Waals surface area contributed by atoms with E-state index in [9.17, 15) is 9.59 Å². The minimum atomic E-state index is -0.318. The molecular formula is C20H20N4O3. The summed E-state index contributed by atoms with van der Waals surface area (Å²) in [4.78, 5) is 25.3. The zero-order valence-corrected chi connectivity index (χ0v) is 15.2. The molecule has 4 aromatic rings. The average Bonchev–Trinajstić information content (AvgIpc) is 3.26. The molecular weight excluding hydrogens is 344 g/mol. The number of aromatic nitrogens is 3. The molecule has 3 heterocycles. The molecule has 7 nitrogen and oxygen atoms in total. The Hall–Kier alpha value is -3.35. The minimum Gasteiger partial charge on any atom is -0.463 e. The van der Waals surface area contributed by atoms with Crippen molar-refractivity contribution in [3.63, 3.8) is 0 Å². The fourth-order valence-electron chi connectivity index (χ4n) is 3.31. The van der Waals surface area contributed by atoms with Gasteiger partial charge in [0.2, 0.25) is 5.91 Å². The van der Waals surface area contributed by atoms with Crippen LogP contribution in [0.1, 0.15) is 31.3 Å². The molecule has 27 heavy (non-hydrogen) atoms. The van der Waals surface area contributed by atoms with Gasteiger partial charge in [0.05, 0.1) is 17.8 Å². The predicted molar refractivity (Wildman–Crippen MR) is 102 cm³/mol. The second kappa shape index (κ2) is 6.75. The lowest BCUT2D eigenvalue weighted by Crippen LogP contribution is -2.36. The molecule has 1 atom stereocenters. The number of nitrogens with zero attached hydrogens (tertiary/aromatic N) is 3. The molecule has 0 fully saturated rings. The van der Waals surface area contributed by atoms with E-state index in [0.29, 0.717) is 23.3 Å². The van der Waals surface area contributed by atoms with E-state index in [0.717, 1.165) is 11.1 Å². The summed E-state index contributed by atoms with van der Waals surface area (Å²) >= 11 is 0. The number of hydrogen-bond acceptors (Lipinski definition) is 4. The molecule has 0 aliphatic heterocycles. The number of carbonyl (C=O) groups excluding carboxylic acids is 1. The Labute approximate surface area is 155 Å². The summed E-state index contributed by atoms with van der Waals surface area (Å²) in [5, 5.41) is 7.32. The minimum absolute atomic E-state index is 0.133. The number of aryl methyl sites for hydroxylation is 1. The lowest BCUT2D eigenvalue weighted by molar-refractivity contribution is -0.122. The molecule has 0 radical (unpaired) electrons. The van der Waals surface area contributed by atoms with Gasteiger partial charge in [-0.05, 0) is 12.5 Å². The Balaban J connectivity index is 1.64. The van der Waals surface area contributed by atoms with Crippen molar-refractivity contribution in [2.75, 3.05) is 0 Å². The van der Waals surface area contributed by atoms with Crippen LogP contribution in [-0.4, -0.2) is 20.1 Å². The molecule has 1 aromatic carbocycles. The van der Waals surface area contributed by atoms with Crippen molar-refractivity contribution in [2.45, 2.75) is 32.9 Å². The number of benzene rings is 1. The van der Waals surface area contributed by atoms with Gasteiger partial charge in [-0.2, -0.15) is 5.10 Å². The number of carbonyl (C=O) groups is 1. The Morgan fingerprint density at radius 2 is 2.00 bits per heavy atom. The molecule has 3 aromatic heterocycles. The van der Waals surface area contributed by atoms with E-state index in [-0.39, 0.29) is 24.1 Å². The summed E-state index contributed by atoms with van der Waals surface area (Å²) in [6.45, 7) is 3.73. The lowest BCUT2D eigenvalue weighted by Gasteiger charge is -2.15. The molecule has 0 aliphatic rings. The first kappa shape index (κ1) is 17.1. The number of fused-ring (bicyclic) bond motifs is 3. The van der Waals surface area contributed by atoms with Crippen LogP contribution < -0.4 is 10.9 Å². The first-order valence-corrected chi connectivity index (χ1v) is 8.91. The summed E-state index contributed by atoms with van der Waals surface area (Å²) < 4.78 is 8.42. The Kier molecular flexibility index (Phi) is 4.27. The lowest BCUT2D eigenvalue weighted by atomic mass is 10.1. The molecule has 0 aliphatic carbocycles. The van der Waals surface area contributed by atoms with Crippen LogP contribution in [0.4, 0.5) is 0 Å². The van der Waals surface area contributed by atoms with Crippen molar-refractivity contribution in [3.05, 3.63) is 70.5 Å². The largest absolute Gasteiger partial charge is 0.463 e. The normalized spacial score (nSPS) is 12.5. The molecule has 0 saturated heterocycles. The topological polar surface area (TPSA) is 81.5 Å². The van der Waals surface area contributed by atoms with Crippen LogP contribution in [0.2, 0.25) is 0 Å². The molecule has 0 saturated carbocycles. The average molecular weight is 364 g/mol. The maximum atomic E-state index is 12.8. The monoisotopic (exact) mass is 364 g/mol. The predicted octanol–water partition coefficient (Wildman–Crippen LogP) is 2.68. The zero-order valence-electron chi connectivity index (χ0n) is 15.2. The van der Waals surface area contributed by atoms with E-state index in [1.807, 2.05) is 44.2 Å². The van der Waals surface area contributed by atoms with Gasteiger partial charge < -0.3 is 9.73 Å². The van der Waals surface area contributed by atoms with Crippen LogP contribution in [0.15, 0.2) is 57.9 Å². The molecule has 4 rings (SSSR count). The van der Waals surface area contributed by atoms with Crippen molar-refractivity contribution >= 4 is 22.5 Å². The Bertz CT molecular complexity index is 1170. The van der Waals surface area contributed by atoms with Gasteiger partial charge in [-0.15, -0.1) is 0 Å².